The van der Waals surface area contributed by atoms with Gasteiger partial charge < -0.3 is 9.84 Å². The highest BCUT2D eigenvalue weighted by molar-refractivity contribution is 6.35. The van der Waals surface area contributed by atoms with Gasteiger partial charge in [0, 0.05) is 22.7 Å². The molecule has 0 heterocycles. The summed E-state index contributed by atoms with van der Waals surface area (Å²) >= 11 is 0. The van der Waals surface area contributed by atoms with E-state index >= 15 is 0 Å². The van der Waals surface area contributed by atoms with Crippen molar-refractivity contribution in [1.82, 2.24) is 0 Å². The first kappa shape index (κ1) is 13.1. The summed E-state index contributed by atoms with van der Waals surface area (Å²) < 4.78 is 5.25. The molecule has 0 aromatic heterocycles. The Bertz CT molecular complexity index is 98.9. The van der Waals surface area contributed by atoms with Gasteiger partial charge in [-0.2, -0.15) is 0 Å². The lowest BCUT2D eigenvalue weighted by atomic mass is 10.2. The lowest BCUT2D eigenvalue weighted by molar-refractivity contribution is 0.148. The van der Waals surface area contributed by atoms with E-state index in [0.717, 1.165) is 32.1 Å². The minimum Gasteiger partial charge on any atom is -0.393 e. The molecule has 1 unspecified atom stereocenters. The van der Waals surface area contributed by atoms with Crippen molar-refractivity contribution in [3.8, 4) is 0 Å². The van der Waals surface area contributed by atoms with Crippen LogP contribution >= 0.6 is 0 Å². The molecule has 0 rings (SSSR count). The van der Waals surface area contributed by atoms with Gasteiger partial charge in [-0.05, 0) is 25.8 Å². The van der Waals surface area contributed by atoms with Crippen LogP contribution in [0.15, 0.2) is 0 Å². The highest BCUT2D eigenvalue weighted by Gasteiger charge is 2.01. The van der Waals surface area contributed by atoms with E-state index in [1.165, 1.54) is 12.5 Å². The molecule has 2 nitrogen and oxygen atoms in total. The fourth-order valence-electron chi connectivity index (χ4n) is 1.38. The zero-order chi connectivity index (χ0) is 9.94. The third kappa shape index (κ3) is 10.1. The summed E-state index contributed by atoms with van der Waals surface area (Å²) in [7, 11) is -0.0144. The number of rotatable bonds is 9. The van der Waals surface area contributed by atoms with Gasteiger partial charge in [0.05, 0.1) is 6.10 Å². The molecule has 0 aliphatic heterocycles. The zero-order valence-electron chi connectivity index (χ0n) is 9.09. The van der Waals surface area contributed by atoms with Crippen molar-refractivity contribution >= 4 is 9.52 Å². The maximum absolute atomic E-state index is 9.46. The molecular weight excluding hydrogens is 180 g/mol. The molecule has 0 aromatic carbocycles. The summed E-state index contributed by atoms with van der Waals surface area (Å²) in [5.41, 5.74) is 0. The van der Waals surface area contributed by atoms with Gasteiger partial charge in [-0.1, -0.05) is 19.4 Å². The second kappa shape index (κ2) is 10.2. The minimum absolute atomic E-state index is 0.0104. The molecule has 3 heteroatoms. The molecule has 0 radical (unpaired) electrons. The number of hydrogen-bond donors (Lipinski definition) is 1. The van der Waals surface area contributed by atoms with Crippen LogP contribution in [0.25, 0.3) is 0 Å². The summed E-state index contributed by atoms with van der Waals surface area (Å²) in [6.07, 6.45) is 3.27. The molecular formula is C10H24O2Si. The standard InChI is InChI=1S/C10H24O2Si/c1-3-6-10(11)9-13-8-5-7-12-4-2/h10-11H,3-9,13H2,1-2H3. The van der Waals surface area contributed by atoms with Crippen LogP contribution in [0.4, 0.5) is 0 Å². The average Bonchev–Trinajstić information content (AvgIpc) is 2.11. The molecule has 0 saturated heterocycles. The monoisotopic (exact) mass is 204 g/mol. The molecule has 0 amide bonds. The number of ether oxygens (including phenoxy) is 1. The van der Waals surface area contributed by atoms with Crippen molar-refractivity contribution in [1.29, 1.82) is 0 Å². The average molecular weight is 204 g/mol. The van der Waals surface area contributed by atoms with Gasteiger partial charge in [-0.25, -0.2) is 0 Å². The summed E-state index contributed by atoms with van der Waals surface area (Å²) in [5.74, 6) is 0. The van der Waals surface area contributed by atoms with Crippen molar-refractivity contribution in [3.63, 3.8) is 0 Å². The SMILES string of the molecule is CCCC(O)C[SiH2]CCCOCC. The summed E-state index contributed by atoms with van der Waals surface area (Å²) in [5, 5.41) is 9.46. The Hall–Kier alpha value is 0.137. The third-order valence-corrected chi connectivity index (χ3v) is 4.23. The smallest absolute Gasteiger partial charge is 0.0511 e. The lowest BCUT2D eigenvalue weighted by Gasteiger charge is -2.07. The molecule has 0 bridgehead atoms. The first-order chi connectivity index (χ1) is 6.31. The van der Waals surface area contributed by atoms with Crippen LogP contribution in [-0.4, -0.2) is 33.9 Å². The van der Waals surface area contributed by atoms with Crippen molar-refractivity contribution in [3.05, 3.63) is 0 Å². The minimum atomic E-state index is -0.0144. The third-order valence-electron chi connectivity index (χ3n) is 2.15. The Labute approximate surface area is 84.5 Å². The molecule has 0 aromatic rings. The van der Waals surface area contributed by atoms with E-state index in [-0.39, 0.29) is 15.6 Å². The normalized spacial score (nSPS) is 14.1. The molecule has 0 fully saturated rings. The Kier molecular flexibility index (Phi) is 10.3. The molecule has 0 aliphatic rings. The maximum atomic E-state index is 9.46. The van der Waals surface area contributed by atoms with Crippen LogP contribution < -0.4 is 0 Å². The van der Waals surface area contributed by atoms with Gasteiger partial charge in [0.2, 0.25) is 0 Å². The topological polar surface area (TPSA) is 29.5 Å². The molecule has 0 aliphatic carbocycles. The number of aliphatic hydroxyl groups is 1. The van der Waals surface area contributed by atoms with E-state index in [0.29, 0.717) is 0 Å². The number of hydrogen-bond acceptors (Lipinski definition) is 2. The van der Waals surface area contributed by atoms with Gasteiger partial charge in [-0.3, -0.25) is 0 Å². The summed E-state index contributed by atoms with van der Waals surface area (Å²) in [4.78, 5) is 0. The largest absolute Gasteiger partial charge is 0.393 e. The quantitative estimate of drug-likeness (QED) is 0.456. The predicted octanol–water partition coefficient (Wildman–Crippen LogP) is 1.58. The van der Waals surface area contributed by atoms with E-state index in [1.54, 1.807) is 0 Å². The fraction of sp³-hybridized carbons (Fsp3) is 1.00. The number of aliphatic hydroxyl groups excluding tert-OH is 1. The zero-order valence-corrected chi connectivity index (χ0v) is 10.5. The summed E-state index contributed by atoms with van der Waals surface area (Å²) in [6.45, 7) is 5.90. The van der Waals surface area contributed by atoms with Crippen molar-refractivity contribution in [2.24, 2.45) is 0 Å². The maximum Gasteiger partial charge on any atom is 0.0511 e. The second-order valence-electron chi connectivity index (χ2n) is 3.49. The van der Waals surface area contributed by atoms with Crippen molar-refractivity contribution < 1.29 is 9.84 Å². The van der Waals surface area contributed by atoms with E-state index in [4.69, 9.17) is 4.74 Å². The Morgan fingerprint density at radius 3 is 2.77 bits per heavy atom. The molecule has 1 N–H and O–H groups in total. The van der Waals surface area contributed by atoms with E-state index in [2.05, 4.69) is 6.92 Å². The predicted molar refractivity (Wildman–Crippen MR) is 60.2 cm³/mol. The van der Waals surface area contributed by atoms with E-state index < -0.39 is 0 Å². The Balaban J connectivity index is 2.97. The molecule has 0 saturated carbocycles. The van der Waals surface area contributed by atoms with Crippen LogP contribution in [0.2, 0.25) is 12.1 Å². The highest BCUT2D eigenvalue weighted by atomic mass is 28.2. The van der Waals surface area contributed by atoms with Gasteiger partial charge in [0.15, 0.2) is 0 Å². The lowest BCUT2D eigenvalue weighted by Crippen LogP contribution is -2.09. The molecule has 1 atom stereocenters. The van der Waals surface area contributed by atoms with Gasteiger partial charge in [0.1, 0.15) is 0 Å². The van der Waals surface area contributed by atoms with E-state index in [9.17, 15) is 5.11 Å². The van der Waals surface area contributed by atoms with E-state index in [1.807, 2.05) is 6.92 Å². The highest BCUT2D eigenvalue weighted by Crippen LogP contribution is 2.03. The Morgan fingerprint density at radius 1 is 1.38 bits per heavy atom. The Morgan fingerprint density at radius 2 is 2.15 bits per heavy atom. The van der Waals surface area contributed by atoms with Crippen molar-refractivity contribution in [2.45, 2.75) is 51.3 Å². The molecule has 13 heavy (non-hydrogen) atoms. The van der Waals surface area contributed by atoms with Crippen LogP contribution in [0.3, 0.4) is 0 Å². The fourth-order valence-corrected chi connectivity index (χ4v) is 2.99. The van der Waals surface area contributed by atoms with Gasteiger partial charge in [-0.15, -0.1) is 0 Å². The van der Waals surface area contributed by atoms with Gasteiger partial charge in [0.25, 0.3) is 0 Å². The van der Waals surface area contributed by atoms with Crippen molar-refractivity contribution in [2.75, 3.05) is 13.2 Å². The first-order valence-electron chi connectivity index (χ1n) is 5.57. The first-order valence-corrected chi connectivity index (χ1v) is 7.57. The van der Waals surface area contributed by atoms with Crippen LogP contribution in [0.5, 0.6) is 0 Å². The summed E-state index contributed by atoms with van der Waals surface area (Å²) in [6, 6.07) is 2.42. The molecule has 80 valence electrons. The van der Waals surface area contributed by atoms with Gasteiger partial charge >= 0.3 is 0 Å². The van der Waals surface area contributed by atoms with Crippen LogP contribution in [-0.2, 0) is 4.74 Å². The second-order valence-corrected chi connectivity index (χ2v) is 5.48. The van der Waals surface area contributed by atoms with Crippen LogP contribution in [0, 0.1) is 0 Å². The molecule has 0 spiro atoms. The van der Waals surface area contributed by atoms with Crippen LogP contribution in [0.1, 0.15) is 33.1 Å².